The number of halogens is 2. The van der Waals surface area contributed by atoms with E-state index in [1.54, 1.807) is 0 Å². The van der Waals surface area contributed by atoms with Gasteiger partial charge in [-0.1, -0.05) is 53.5 Å². The van der Waals surface area contributed by atoms with Crippen LogP contribution in [0.1, 0.15) is 5.56 Å². The fourth-order valence-corrected chi connectivity index (χ4v) is 1.86. The van der Waals surface area contributed by atoms with E-state index in [4.69, 9.17) is 23.2 Å². The average molecular weight is 309 g/mol. The largest absolute Gasteiger partial charge is 0.339 e. The molecule has 1 aromatic carbocycles. The van der Waals surface area contributed by atoms with Crippen molar-refractivity contribution in [2.45, 2.75) is 0 Å². The lowest BCUT2D eigenvalue weighted by Crippen LogP contribution is -2.24. The van der Waals surface area contributed by atoms with Crippen molar-refractivity contribution in [3.8, 4) is 0 Å². The van der Waals surface area contributed by atoms with Crippen LogP contribution in [0.4, 0.5) is 10.5 Å². The number of amides is 2. The van der Waals surface area contributed by atoms with E-state index in [1.807, 2.05) is 30.3 Å². The lowest BCUT2D eigenvalue weighted by atomic mass is 10.2. The molecule has 0 atom stereocenters. The van der Waals surface area contributed by atoms with Gasteiger partial charge in [0.15, 0.2) is 0 Å². The molecule has 0 radical (unpaired) electrons. The molecule has 1 aromatic heterocycles. The smallest absolute Gasteiger partial charge is 0.306 e. The van der Waals surface area contributed by atoms with Gasteiger partial charge in [-0.15, -0.1) is 0 Å². The summed E-state index contributed by atoms with van der Waals surface area (Å²) in [6, 6.07) is 11.8. The molecule has 1 heterocycles. The van der Waals surface area contributed by atoms with Crippen molar-refractivity contribution in [1.29, 1.82) is 0 Å². The molecule has 2 N–H and O–H groups in total. The zero-order valence-corrected chi connectivity index (χ0v) is 11.7. The van der Waals surface area contributed by atoms with Gasteiger partial charge in [0.2, 0.25) is 0 Å². The first-order valence-electron chi connectivity index (χ1n) is 5.62. The maximum absolute atomic E-state index is 11.6. The first-order valence-corrected chi connectivity index (χ1v) is 6.37. The molecule has 0 aliphatic carbocycles. The van der Waals surface area contributed by atoms with Crippen molar-refractivity contribution in [2.75, 3.05) is 5.32 Å². The molecule has 0 aliphatic rings. The fraction of sp³-hybridized carbons (Fsp3) is 0. The van der Waals surface area contributed by atoms with Gasteiger partial charge in [-0.3, -0.25) is 0 Å². The molecule has 5 nitrogen and oxygen atoms in total. The molecule has 7 heteroatoms. The highest BCUT2D eigenvalue weighted by atomic mass is 35.5. The van der Waals surface area contributed by atoms with E-state index in [-0.39, 0.29) is 10.3 Å². The van der Waals surface area contributed by atoms with Gasteiger partial charge in [-0.2, -0.15) is 5.10 Å². The second-order valence-electron chi connectivity index (χ2n) is 3.74. The lowest BCUT2D eigenvalue weighted by molar-refractivity contribution is 0.252. The van der Waals surface area contributed by atoms with Gasteiger partial charge in [0.05, 0.1) is 6.21 Å². The summed E-state index contributed by atoms with van der Waals surface area (Å²) in [6.45, 7) is 0. The van der Waals surface area contributed by atoms with Gasteiger partial charge in [-0.05, 0) is 17.7 Å². The number of carbonyl (C=O) groups excluding carboxylic acids is 1. The van der Waals surface area contributed by atoms with Crippen LogP contribution >= 0.6 is 23.2 Å². The number of nitrogens with one attached hydrogen (secondary N) is 2. The highest BCUT2D eigenvalue weighted by Crippen LogP contribution is 2.18. The van der Waals surface area contributed by atoms with E-state index >= 15 is 0 Å². The third-order valence-electron chi connectivity index (χ3n) is 2.20. The van der Waals surface area contributed by atoms with Crippen molar-refractivity contribution >= 4 is 41.1 Å². The molecule has 0 aliphatic heterocycles. The van der Waals surface area contributed by atoms with Gasteiger partial charge in [0, 0.05) is 5.69 Å². The number of hydrogen-bond acceptors (Lipinski definition) is 3. The quantitative estimate of drug-likeness (QED) is 0.517. The third-order valence-corrected chi connectivity index (χ3v) is 2.59. The first kappa shape index (κ1) is 14.3. The van der Waals surface area contributed by atoms with Crippen LogP contribution in [0.15, 0.2) is 47.6 Å². The summed E-state index contributed by atoms with van der Waals surface area (Å²) in [4.78, 5) is 15.4. The number of aromatic nitrogens is 1. The van der Waals surface area contributed by atoms with E-state index in [0.29, 0.717) is 5.69 Å². The Balaban J connectivity index is 1.91. The second kappa shape index (κ2) is 6.88. The van der Waals surface area contributed by atoms with E-state index < -0.39 is 6.03 Å². The normalized spacial score (nSPS) is 10.5. The number of pyridine rings is 1. The van der Waals surface area contributed by atoms with E-state index in [2.05, 4.69) is 20.8 Å². The summed E-state index contributed by atoms with van der Waals surface area (Å²) < 4.78 is 0. The number of hydrazone groups is 1. The molecule has 2 rings (SSSR count). The Labute approximate surface area is 125 Å². The molecule has 2 aromatic rings. The zero-order valence-electron chi connectivity index (χ0n) is 10.2. The molecule has 0 fully saturated rings. The summed E-state index contributed by atoms with van der Waals surface area (Å²) in [6.07, 6.45) is 1.53. The number of nitrogens with zero attached hydrogens (tertiary/aromatic N) is 2. The zero-order chi connectivity index (χ0) is 14.4. The van der Waals surface area contributed by atoms with Gasteiger partial charge in [0.25, 0.3) is 0 Å². The Bertz CT molecular complexity index is 611. The second-order valence-corrected chi connectivity index (χ2v) is 4.51. The van der Waals surface area contributed by atoms with Crippen LogP contribution in [0.2, 0.25) is 10.3 Å². The fourth-order valence-electron chi connectivity index (χ4n) is 1.40. The minimum Gasteiger partial charge on any atom is -0.306 e. The molecule has 0 saturated carbocycles. The number of carbonyl (C=O) groups is 1. The molecular weight excluding hydrogens is 299 g/mol. The van der Waals surface area contributed by atoms with Crippen molar-refractivity contribution in [3.05, 3.63) is 58.3 Å². The molecule has 0 saturated heterocycles. The van der Waals surface area contributed by atoms with Crippen molar-refractivity contribution in [2.24, 2.45) is 5.10 Å². The van der Waals surface area contributed by atoms with Gasteiger partial charge >= 0.3 is 6.03 Å². The van der Waals surface area contributed by atoms with Gasteiger partial charge in [0.1, 0.15) is 10.3 Å². The minimum atomic E-state index is -0.504. The summed E-state index contributed by atoms with van der Waals surface area (Å²) in [5.41, 5.74) is 3.64. The third kappa shape index (κ3) is 4.53. The van der Waals surface area contributed by atoms with Crippen molar-refractivity contribution < 1.29 is 4.79 Å². The predicted molar refractivity (Wildman–Crippen MR) is 80.4 cm³/mol. The maximum Gasteiger partial charge on any atom is 0.339 e. The SMILES string of the molecule is O=C(N/N=C/c1ccccc1)Nc1cc(Cl)nc(Cl)c1. The molecule has 102 valence electrons. The monoisotopic (exact) mass is 308 g/mol. The van der Waals surface area contributed by atoms with Crippen LogP contribution in [-0.2, 0) is 0 Å². The minimum absolute atomic E-state index is 0.195. The van der Waals surface area contributed by atoms with Crippen molar-refractivity contribution in [3.63, 3.8) is 0 Å². The number of urea groups is 1. The molecule has 20 heavy (non-hydrogen) atoms. The molecule has 0 unspecified atom stereocenters. The van der Waals surface area contributed by atoms with E-state index in [0.717, 1.165) is 5.56 Å². The Morgan fingerprint density at radius 3 is 2.45 bits per heavy atom. The standard InChI is InChI=1S/C13H10Cl2N4O/c14-11-6-10(7-12(15)18-11)17-13(20)19-16-8-9-4-2-1-3-5-9/h1-8H,(H2,17,18,19,20)/b16-8+. The molecule has 0 spiro atoms. The molecule has 0 bridgehead atoms. The molecule has 2 amide bonds. The number of anilines is 1. The van der Waals surface area contributed by atoms with Crippen molar-refractivity contribution in [1.82, 2.24) is 10.4 Å². The summed E-state index contributed by atoms with van der Waals surface area (Å²) in [5.74, 6) is 0. The Morgan fingerprint density at radius 1 is 1.15 bits per heavy atom. The topological polar surface area (TPSA) is 66.4 Å². The van der Waals surface area contributed by atoms with Crippen LogP contribution in [0.3, 0.4) is 0 Å². The Hall–Kier alpha value is -2.11. The van der Waals surface area contributed by atoms with Gasteiger partial charge < -0.3 is 5.32 Å². The average Bonchev–Trinajstić information content (AvgIpc) is 2.38. The summed E-state index contributed by atoms with van der Waals surface area (Å²) in [7, 11) is 0. The maximum atomic E-state index is 11.6. The van der Waals surface area contributed by atoms with Crippen LogP contribution in [0, 0.1) is 0 Å². The van der Waals surface area contributed by atoms with E-state index in [9.17, 15) is 4.79 Å². The predicted octanol–water partition coefficient (Wildman–Crippen LogP) is 3.54. The Kier molecular flexibility index (Phi) is 4.92. The summed E-state index contributed by atoms with van der Waals surface area (Å²) in [5, 5.41) is 6.74. The first-order chi connectivity index (χ1) is 9.63. The lowest BCUT2D eigenvalue weighted by Gasteiger charge is -2.04. The Morgan fingerprint density at radius 2 is 1.80 bits per heavy atom. The van der Waals surface area contributed by atoms with Crippen LogP contribution in [-0.4, -0.2) is 17.2 Å². The highest BCUT2D eigenvalue weighted by Gasteiger charge is 2.03. The van der Waals surface area contributed by atoms with Crippen LogP contribution in [0.25, 0.3) is 0 Å². The molecular formula is C13H10Cl2N4O. The summed E-state index contributed by atoms with van der Waals surface area (Å²) >= 11 is 11.4. The number of rotatable bonds is 3. The van der Waals surface area contributed by atoms with E-state index in [1.165, 1.54) is 18.3 Å². The van der Waals surface area contributed by atoms with Gasteiger partial charge in [-0.25, -0.2) is 15.2 Å². The van der Waals surface area contributed by atoms with Crippen LogP contribution in [0.5, 0.6) is 0 Å². The highest BCUT2D eigenvalue weighted by molar-refractivity contribution is 6.32. The van der Waals surface area contributed by atoms with Crippen LogP contribution < -0.4 is 10.7 Å². The number of hydrogen-bond donors (Lipinski definition) is 2. The number of benzene rings is 1.